The van der Waals surface area contributed by atoms with Crippen molar-refractivity contribution in [1.82, 2.24) is 9.88 Å². The number of likely N-dealkylation sites (tertiary alicyclic amines) is 1. The number of aryl methyl sites for hydroxylation is 3. The number of carboxylic acids is 1. The van der Waals surface area contributed by atoms with Gasteiger partial charge in [0.25, 0.3) is 0 Å². The molecule has 0 spiro atoms. The SMILES string of the molecule is Cc1ccnc(CCc2ccc(OC(=O)N3CCC(Oc4ccc(C(=O)O)cc4)CC3)cc2)c1. The van der Waals surface area contributed by atoms with Gasteiger partial charge in [-0.25, -0.2) is 9.59 Å². The molecule has 0 aliphatic carbocycles. The van der Waals surface area contributed by atoms with Gasteiger partial charge >= 0.3 is 12.1 Å². The molecule has 1 N–H and O–H groups in total. The summed E-state index contributed by atoms with van der Waals surface area (Å²) in [4.78, 5) is 29.6. The molecule has 0 unspecified atom stereocenters. The maximum absolute atomic E-state index is 12.6. The lowest BCUT2D eigenvalue weighted by atomic mass is 10.1. The maximum Gasteiger partial charge on any atom is 0.415 e. The average molecular weight is 461 g/mol. The lowest BCUT2D eigenvalue weighted by Gasteiger charge is -2.31. The van der Waals surface area contributed by atoms with Crippen molar-refractivity contribution in [1.29, 1.82) is 0 Å². The van der Waals surface area contributed by atoms with E-state index in [0.717, 1.165) is 24.1 Å². The van der Waals surface area contributed by atoms with E-state index < -0.39 is 5.97 Å². The summed E-state index contributed by atoms with van der Waals surface area (Å²) in [7, 11) is 0. The van der Waals surface area contributed by atoms with Crippen molar-refractivity contribution in [3.05, 3.63) is 89.2 Å². The average Bonchev–Trinajstić information content (AvgIpc) is 2.84. The van der Waals surface area contributed by atoms with Crippen molar-refractivity contribution < 1.29 is 24.2 Å². The van der Waals surface area contributed by atoms with Crippen molar-refractivity contribution in [2.45, 2.75) is 38.7 Å². The molecular formula is C27H28N2O5. The molecule has 0 atom stereocenters. The molecule has 0 radical (unpaired) electrons. The summed E-state index contributed by atoms with van der Waals surface area (Å²) < 4.78 is 11.5. The van der Waals surface area contributed by atoms with Crippen LogP contribution in [0.15, 0.2) is 66.9 Å². The number of aromatic carboxylic acids is 1. The van der Waals surface area contributed by atoms with Gasteiger partial charge in [-0.1, -0.05) is 12.1 Å². The number of rotatable bonds is 7. The molecule has 0 bridgehead atoms. The van der Waals surface area contributed by atoms with E-state index in [9.17, 15) is 9.59 Å². The van der Waals surface area contributed by atoms with Crippen LogP contribution in [0.25, 0.3) is 0 Å². The van der Waals surface area contributed by atoms with Crippen LogP contribution in [0.3, 0.4) is 0 Å². The summed E-state index contributed by atoms with van der Waals surface area (Å²) >= 11 is 0. The Balaban J connectivity index is 1.21. The second-order valence-electron chi connectivity index (χ2n) is 8.47. The number of carboxylic acid groups (broad SMARTS) is 1. The minimum absolute atomic E-state index is 0.0260. The fourth-order valence-electron chi connectivity index (χ4n) is 3.92. The van der Waals surface area contributed by atoms with Gasteiger partial charge in [-0.05, 0) is 79.4 Å². The molecule has 1 aliphatic heterocycles. The number of hydrogen-bond acceptors (Lipinski definition) is 5. The van der Waals surface area contributed by atoms with Gasteiger partial charge in [0, 0.05) is 37.8 Å². The number of amides is 1. The van der Waals surface area contributed by atoms with Gasteiger partial charge in [-0.2, -0.15) is 0 Å². The predicted octanol–water partition coefficient (Wildman–Crippen LogP) is 4.92. The fraction of sp³-hybridized carbons (Fsp3) is 0.296. The third-order valence-corrected chi connectivity index (χ3v) is 5.87. The fourth-order valence-corrected chi connectivity index (χ4v) is 3.92. The number of carbonyl (C=O) groups excluding carboxylic acids is 1. The Kier molecular flexibility index (Phi) is 7.42. The van der Waals surface area contributed by atoms with Gasteiger partial charge in [0.2, 0.25) is 0 Å². The Bertz CT molecular complexity index is 1120. The smallest absolute Gasteiger partial charge is 0.415 e. The second kappa shape index (κ2) is 10.8. The number of pyridine rings is 1. The Hall–Kier alpha value is -3.87. The van der Waals surface area contributed by atoms with E-state index in [1.807, 2.05) is 36.5 Å². The van der Waals surface area contributed by atoms with E-state index in [1.54, 1.807) is 17.0 Å². The minimum Gasteiger partial charge on any atom is -0.490 e. The molecule has 4 rings (SSSR count). The number of piperidine rings is 1. The van der Waals surface area contributed by atoms with Crippen molar-refractivity contribution in [3.63, 3.8) is 0 Å². The van der Waals surface area contributed by atoms with Crippen LogP contribution in [0.1, 0.15) is 40.0 Å². The third kappa shape index (κ3) is 6.34. The van der Waals surface area contributed by atoms with Crippen LogP contribution >= 0.6 is 0 Å². The van der Waals surface area contributed by atoms with Crippen LogP contribution in [0.5, 0.6) is 11.5 Å². The zero-order valence-electron chi connectivity index (χ0n) is 19.1. The van der Waals surface area contributed by atoms with Crippen LogP contribution < -0.4 is 9.47 Å². The first-order chi connectivity index (χ1) is 16.5. The highest BCUT2D eigenvalue weighted by Gasteiger charge is 2.25. The normalized spacial score (nSPS) is 14.0. The molecule has 2 aromatic carbocycles. The van der Waals surface area contributed by atoms with E-state index in [-0.39, 0.29) is 17.8 Å². The van der Waals surface area contributed by atoms with Gasteiger partial charge in [0.05, 0.1) is 5.56 Å². The molecule has 1 saturated heterocycles. The lowest BCUT2D eigenvalue weighted by molar-refractivity contribution is 0.0696. The molecule has 3 aromatic rings. The van der Waals surface area contributed by atoms with Gasteiger partial charge in [-0.3, -0.25) is 4.98 Å². The zero-order valence-corrected chi connectivity index (χ0v) is 19.1. The Morgan fingerprint density at radius 1 is 0.971 bits per heavy atom. The summed E-state index contributed by atoms with van der Waals surface area (Å²) in [5.74, 6) is 0.191. The van der Waals surface area contributed by atoms with Gasteiger partial charge in [0.1, 0.15) is 17.6 Å². The molecule has 1 aromatic heterocycles. The quantitative estimate of drug-likeness (QED) is 0.539. The highest BCUT2D eigenvalue weighted by Crippen LogP contribution is 2.21. The van der Waals surface area contributed by atoms with Gasteiger partial charge < -0.3 is 19.5 Å². The van der Waals surface area contributed by atoms with Crippen LogP contribution in [0.2, 0.25) is 0 Å². The molecular weight excluding hydrogens is 432 g/mol. The highest BCUT2D eigenvalue weighted by molar-refractivity contribution is 5.87. The number of carbonyl (C=O) groups is 2. The molecule has 1 amide bonds. The van der Waals surface area contributed by atoms with Crippen LogP contribution in [-0.2, 0) is 12.8 Å². The standard InChI is InChI=1S/C27H28N2O5/c1-19-12-15-28-22(18-19)7-2-20-3-8-24(9-4-20)34-27(32)29-16-13-25(14-17-29)33-23-10-5-21(6-11-23)26(30)31/h3-6,8-12,15,18,25H,2,7,13-14,16-17H2,1H3,(H,30,31). The summed E-state index contributed by atoms with van der Waals surface area (Å²) in [6.07, 6.45) is 4.55. The molecule has 1 fully saturated rings. The van der Waals surface area contributed by atoms with Gasteiger partial charge in [-0.15, -0.1) is 0 Å². The van der Waals surface area contributed by atoms with Gasteiger partial charge in [0.15, 0.2) is 0 Å². The Labute approximate surface area is 199 Å². The zero-order chi connectivity index (χ0) is 23.9. The Morgan fingerprint density at radius 3 is 2.29 bits per heavy atom. The first-order valence-electron chi connectivity index (χ1n) is 11.4. The van der Waals surface area contributed by atoms with E-state index >= 15 is 0 Å². The van der Waals surface area contributed by atoms with E-state index in [0.29, 0.717) is 37.4 Å². The Morgan fingerprint density at radius 2 is 1.65 bits per heavy atom. The summed E-state index contributed by atoms with van der Waals surface area (Å²) in [6.45, 7) is 3.14. The van der Waals surface area contributed by atoms with Crippen molar-refractivity contribution >= 4 is 12.1 Å². The molecule has 34 heavy (non-hydrogen) atoms. The second-order valence-corrected chi connectivity index (χ2v) is 8.47. The maximum atomic E-state index is 12.6. The highest BCUT2D eigenvalue weighted by atomic mass is 16.6. The summed E-state index contributed by atoms with van der Waals surface area (Å²) in [6, 6.07) is 18.1. The number of nitrogens with zero attached hydrogens (tertiary/aromatic N) is 2. The predicted molar refractivity (Wildman–Crippen MR) is 127 cm³/mol. The topological polar surface area (TPSA) is 89.0 Å². The molecule has 2 heterocycles. The molecule has 176 valence electrons. The summed E-state index contributed by atoms with van der Waals surface area (Å²) in [5, 5.41) is 8.98. The third-order valence-electron chi connectivity index (χ3n) is 5.87. The first-order valence-corrected chi connectivity index (χ1v) is 11.4. The number of benzene rings is 2. The number of aromatic nitrogens is 1. The van der Waals surface area contributed by atoms with E-state index in [4.69, 9.17) is 14.6 Å². The van der Waals surface area contributed by atoms with E-state index in [2.05, 4.69) is 18.0 Å². The summed E-state index contributed by atoms with van der Waals surface area (Å²) in [5.41, 5.74) is 3.66. The number of hydrogen-bond donors (Lipinski definition) is 1. The molecule has 0 saturated carbocycles. The van der Waals surface area contributed by atoms with Crippen LogP contribution in [-0.4, -0.2) is 46.2 Å². The number of ether oxygens (including phenoxy) is 2. The largest absolute Gasteiger partial charge is 0.490 e. The molecule has 1 aliphatic rings. The van der Waals surface area contributed by atoms with E-state index in [1.165, 1.54) is 17.7 Å². The van der Waals surface area contributed by atoms with Crippen molar-refractivity contribution in [2.75, 3.05) is 13.1 Å². The first kappa shape index (κ1) is 23.3. The molecule has 7 nitrogen and oxygen atoms in total. The molecule has 7 heteroatoms. The minimum atomic E-state index is -0.965. The lowest BCUT2D eigenvalue weighted by Crippen LogP contribution is -2.43. The van der Waals surface area contributed by atoms with Crippen molar-refractivity contribution in [2.24, 2.45) is 0 Å². The monoisotopic (exact) mass is 460 g/mol. The van der Waals surface area contributed by atoms with Crippen LogP contribution in [0, 0.1) is 6.92 Å². The van der Waals surface area contributed by atoms with Crippen LogP contribution in [0.4, 0.5) is 4.79 Å². The van der Waals surface area contributed by atoms with Crippen molar-refractivity contribution in [3.8, 4) is 11.5 Å².